The largest absolute Gasteiger partial charge is 0.484 e. The Morgan fingerprint density at radius 3 is 2.24 bits per heavy atom. The quantitative estimate of drug-likeness (QED) is 0.708. The van der Waals surface area contributed by atoms with E-state index >= 15 is 0 Å². The lowest BCUT2D eigenvalue weighted by Gasteiger charge is -2.32. The summed E-state index contributed by atoms with van der Waals surface area (Å²) in [4.78, 5) is 24.6. The molecule has 1 saturated carbocycles. The highest BCUT2D eigenvalue weighted by Gasteiger charge is 2.28. The first-order valence-electron chi connectivity index (χ1n) is 10.1. The molecule has 0 heterocycles. The Morgan fingerprint density at radius 1 is 0.897 bits per heavy atom. The summed E-state index contributed by atoms with van der Waals surface area (Å²) < 4.78 is 11.1. The molecule has 154 valence electrons. The van der Waals surface area contributed by atoms with Crippen LogP contribution < -0.4 is 15.4 Å². The lowest BCUT2D eigenvalue weighted by atomic mass is 9.90. The van der Waals surface area contributed by atoms with Crippen molar-refractivity contribution in [2.24, 2.45) is 0 Å². The molecule has 1 fully saturated rings. The molecule has 0 radical (unpaired) electrons. The van der Waals surface area contributed by atoms with E-state index in [4.69, 9.17) is 9.47 Å². The Bertz CT molecular complexity index is 770. The number of ether oxygens (including phenoxy) is 2. The first-order valence-corrected chi connectivity index (χ1v) is 10.1. The van der Waals surface area contributed by atoms with E-state index in [1.54, 1.807) is 0 Å². The Balaban J connectivity index is 1.44. The minimum absolute atomic E-state index is 0.0372. The zero-order valence-electron chi connectivity index (χ0n) is 16.5. The summed E-state index contributed by atoms with van der Waals surface area (Å²) in [7, 11) is 0. The van der Waals surface area contributed by atoms with Gasteiger partial charge in [0.1, 0.15) is 11.5 Å². The smallest absolute Gasteiger partial charge is 0.258 e. The van der Waals surface area contributed by atoms with Crippen LogP contribution in [-0.4, -0.2) is 37.1 Å². The van der Waals surface area contributed by atoms with Crippen LogP contribution in [0.15, 0.2) is 66.5 Å². The van der Waals surface area contributed by atoms with Crippen molar-refractivity contribution in [2.75, 3.05) is 13.2 Å². The van der Waals surface area contributed by atoms with Gasteiger partial charge in [0.05, 0.1) is 0 Å². The van der Waals surface area contributed by atoms with Gasteiger partial charge < -0.3 is 20.1 Å². The van der Waals surface area contributed by atoms with Crippen LogP contribution in [0.25, 0.3) is 0 Å². The number of rotatable bonds is 8. The average Bonchev–Trinajstić information content (AvgIpc) is 3.02. The summed E-state index contributed by atoms with van der Waals surface area (Å²) in [5.41, 5.74) is 0. The molecule has 6 nitrogen and oxygen atoms in total. The zero-order chi connectivity index (χ0) is 20.3. The molecular formula is C23H28N2O4. The lowest BCUT2D eigenvalue weighted by Crippen LogP contribution is -2.54. The van der Waals surface area contributed by atoms with Gasteiger partial charge >= 0.3 is 0 Å². The van der Waals surface area contributed by atoms with E-state index in [0.717, 1.165) is 32.1 Å². The van der Waals surface area contributed by atoms with E-state index in [1.807, 2.05) is 60.7 Å². The number of hydrogen-bond donors (Lipinski definition) is 2. The van der Waals surface area contributed by atoms with Gasteiger partial charge in [0.25, 0.3) is 11.8 Å². The first-order chi connectivity index (χ1) is 14.2. The van der Waals surface area contributed by atoms with E-state index in [-0.39, 0.29) is 37.1 Å². The van der Waals surface area contributed by atoms with Gasteiger partial charge in [-0.05, 0) is 43.5 Å². The Hall–Kier alpha value is -3.02. The third kappa shape index (κ3) is 7.14. The van der Waals surface area contributed by atoms with Gasteiger partial charge in [-0.15, -0.1) is 0 Å². The summed E-state index contributed by atoms with van der Waals surface area (Å²) in [5.74, 6) is 0.989. The number of carbonyl (C=O) groups is 2. The number of nitrogens with one attached hydrogen (secondary N) is 2. The molecule has 2 aliphatic rings. The number of para-hydroxylation sites is 1. The van der Waals surface area contributed by atoms with Gasteiger partial charge in [-0.2, -0.15) is 0 Å². The molecule has 1 aromatic rings. The van der Waals surface area contributed by atoms with E-state index in [9.17, 15) is 9.59 Å². The average molecular weight is 396 g/mol. The number of amides is 2. The molecule has 3 rings (SSSR count). The number of carbonyl (C=O) groups excluding carboxylic acids is 2. The Morgan fingerprint density at radius 2 is 1.55 bits per heavy atom. The summed E-state index contributed by atoms with van der Waals surface area (Å²) in [6.07, 6.45) is 14.1. The normalized spacial score (nSPS) is 20.9. The van der Waals surface area contributed by atoms with Gasteiger partial charge in [0, 0.05) is 12.1 Å². The maximum atomic E-state index is 12.3. The third-order valence-electron chi connectivity index (χ3n) is 4.90. The molecule has 1 aromatic carbocycles. The standard InChI is InChI=1S/C23H28N2O4/c26-22(16-28-18-10-4-1-2-5-11-18)24-20-14-8-9-15-21(20)25-23(27)17-29-19-12-6-3-7-13-19/h1-4,6-7,10-13,20-21H,5,8-9,14-17H2,(H,24,26)(H,25,27). The monoisotopic (exact) mass is 396 g/mol. The number of hydrogen-bond acceptors (Lipinski definition) is 4. The summed E-state index contributed by atoms with van der Waals surface area (Å²) in [6, 6.07) is 9.05. The predicted molar refractivity (Wildman–Crippen MR) is 111 cm³/mol. The van der Waals surface area contributed by atoms with Crippen LogP contribution in [0.4, 0.5) is 0 Å². The molecule has 0 bridgehead atoms. The number of benzene rings is 1. The first kappa shape index (κ1) is 20.7. The molecule has 0 saturated heterocycles. The van der Waals surface area contributed by atoms with E-state index in [2.05, 4.69) is 10.6 Å². The zero-order valence-corrected chi connectivity index (χ0v) is 16.5. The van der Waals surface area contributed by atoms with Gasteiger partial charge in [0.2, 0.25) is 0 Å². The molecule has 29 heavy (non-hydrogen) atoms. The summed E-state index contributed by atoms with van der Waals surface area (Å²) in [6.45, 7) is -0.0801. The highest BCUT2D eigenvalue weighted by atomic mass is 16.5. The van der Waals surface area contributed by atoms with Gasteiger partial charge in [-0.1, -0.05) is 49.3 Å². The maximum Gasteiger partial charge on any atom is 0.258 e. The van der Waals surface area contributed by atoms with Gasteiger partial charge in [-0.3, -0.25) is 9.59 Å². The second kappa shape index (κ2) is 11.1. The van der Waals surface area contributed by atoms with Crippen LogP contribution in [0, 0.1) is 0 Å². The van der Waals surface area contributed by atoms with Crippen LogP contribution in [0.5, 0.6) is 5.75 Å². The second-order valence-corrected chi connectivity index (χ2v) is 7.15. The summed E-state index contributed by atoms with van der Waals surface area (Å²) in [5, 5.41) is 6.02. The van der Waals surface area contributed by atoms with Crippen LogP contribution in [0.3, 0.4) is 0 Å². The van der Waals surface area contributed by atoms with Crippen LogP contribution in [-0.2, 0) is 14.3 Å². The third-order valence-corrected chi connectivity index (χ3v) is 4.90. The molecule has 2 N–H and O–H groups in total. The van der Waals surface area contributed by atoms with Crippen molar-refractivity contribution >= 4 is 11.8 Å². The molecule has 0 aliphatic heterocycles. The Labute approximate surface area is 171 Å². The van der Waals surface area contributed by atoms with E-state index in [1.165, 1.54) is 0 Å². The van der Waals surface area contributed by atoms with Crippen molar-refractivity contribution < 1.29 is 19.1 Å². The minimum atomic E-state index is -0.183. The van der Waals surface area contributed by atoms with Crippen LogP contribution in [0.1, 0.15) is 32.1 Å². The highest BCUT2D eigenvalue weighted by Crippen LogP contribution is 2.19. The summed E-state index contributed by atoms with van der Waals surface area (Å²) >= 11 is 0. The van der Waals surface area contributed by atoms with Crippen LogP contribution in [0.2, 0.25) is 0 Å². The van der Waals surface area contributed by atoms with Crippen LogP contribution >= 0.6 is 0 Å². The molecule has 2 atom stereocenters. The fraction of sp³-hybridized carbons (Fsp3) is 0.391. The molecular weight excluding hydrogens is 368 g/mol. The second-order valence-electron chi connectivity index (χ2n) is 7.15. The number of allylic oxidation sites excluding steroid dienone is 5. The van der Waals surface area contributed by atoms with Crippen molar-refractivity contribution in [1.82, 2.24) is 10.6 Å². The van der Waals surface area contributed by atoms with Crippen molar-refractivity contribution in [3.05, 3.63) is 66.5 Å². The fourth-order valence-electron chi connectivity index (χ4n) is 3.45. The molecule has 2 unspecified atom stereocenters. The molecule has 2 aliphatic carbocycles. The predicted octanol–water partition coefficient (Wildman–Crippen LogP) is 3.03. The molecule has 0 spiro atoms. The molecule has 6 heteroatoms. The topological polar surface area (TPSA) is 76.7 Å². The maximum absolute atomic E-state index is 12.3. The fourth-order valence-corrected chi connectivity index (χ4v) is 3.45. The van der Waals surface area contributed by atoms with Crippen molar-refractivity contribution in [2.45, 2.75) is 44.2 Å². The minimum Gasteiger partial charge on any atom is -0.484 e. The van der Waals surface area contributed by atoms with Crippen molar-refractivity contribution in [3.63, 3.8) is 0 Å². The molecule has 2 amide bonds. The van der Waals surface area contributed by atoms with Gasteiger partial charge in [0.15, 0.2) is 13.2 Å². The lowest BCUT2D eigenvalue weighted by molar-refractivity contribution is -0.127. The van der Waals surface area contributed by atoms with Gasteiger partial charge in [-0.25, -0.2) is 0 Å². The molecule has 0 aromatic heterocycles. The SMILES string of the molecule is O=C(COC1=CCC=CC=C1)NC1CCCCC1NC(=O)COc1ccccc1. The Kier molecular flexibility index (Phi) is 7.92. The van der Waals surface area contributed by atoms with E-state index in [0.29, 0.717) is 11.5 Å². The highest BCUT2D eigenvalue weighted by molar-refractivity contribution is 5.79. The van der Waals surface area contributed by atoms with Crippen molar-refractivity contribution in [3.8, 4) is 5.75 Å². The van der Waals surface area contributed by atoms with Crippen molar-refractivity contribution in [1.29, 1.82) is 0 Å². The van der Waals surface area contributed by atoms with E-state index < -0.39 is 0 Å².